The van der Waals surface area contributed by atoms with Crippen LogP contribution in [0.3, 0.4) is 0 Å². The molecule has 2 aromatic rings. The molecule has 0 bridgehead atoms. The summed E-state index contributed by atoms with van der Waals surface area (Å²) in [5.41, 5.74) is 0.479. The van der Waals surface area contributed by atoms with Crippen LogP contribution < -0.4 is 5.32 Å². The monoisotopic (exact) mass is 349 g/mol. The van der Waals surface area contributed by atoms with Crippen LogP contribution in [0, 0.1) is 17.5 Å². The molecule has 1 fully saturated rings. The molecule has 0 radical (unpaired) electrons. The SMILES string of the molecule is O=C(Nc1cc(F)c(F)c(F)c1)C(=O)N1CCCC1c1cccnc1. The molecule has 1 N–H and O–H groups in total. The first-order valence-electron chi connectivity index (χ1n) is 7.64. The van der Waals surface area contributed by atoms with E-state index in [1.54, 1.807) is 18.5 Å². The van der Waals surface area contributed by atoms with Crippen LogP contribution in [0.1, 0.15) is 24.4 Å². The minimum Gasteiger partial charge on any atom is -0.327 e. The third-order valence-electron chi connectivity index (χ3n) is 4.02. The molecule has 25 heavy (non-hydrogen) atoms. The maximum atomic E-state index is 13.2. The van der Waals surface area contributed by atoms with Crippen molar-refractivity contribution in [1.29, 1.82) is 0 Å². The van der Waals surface area contributed by atoms with Gasteiger partial charge in [-0.15, -0.1) is 0 Å². The molecule has 130 valence electrons. The van der Waals surface area contributed by atoms with E-state index in [4.69, 9.17) is 0 Å². The number of benzene rings is 1. The van der Waals surface area contributed by atoms with Gasteiger partial charge in [-0.05, 0) is 24.5 Å². The molecule has 0 aliphatic carbocycles. The highest BCUT2D eigenvalue weighted by molar-refractivity contribution is 6.39. The number of nitrogens with one attached hydrogen (secondary N) is 1. The van der Waals surface area contributed by atoms with E-state index < -0.39 is 29.3 Å². The number of hydrogen-bond donors (Lipinski definition) is 1. The average Bonchev–Trinajstić information content (AvgIpc) is 3.09. The lowest BCUT2D eigenvalue weighted by atomic mass is 10.1. The third kappa shape index (κ3) is 3.47. The Balaban J connectivity index is 1.75. The van der Waals surface area contributed by atoms with Crippen molar-refractivity contribution in [2.24, 2.45) is 0 Å². The lowest BCUT2D eigenvalue weighted by Gasteiger charge is -2.24. The molecule has 0 spiro atoms. The average molecular weight is 349 g/mol. The highest BCUT2D eigenvalue weighted by Crippen LogP contribution is 2.31. The molecular formula is C17H14F3N3O2. The van der Waals surface area contributed by atoms with E-state index >= 15 is 0 Å². The molecule has 3 rings (SSSR count). The van der Waals surface area contributed by atoms with Crippen LogP contribution >= 0.6 is 0 Å². The number of rotatable bonds is 2. The first-order valence-corrected chi connectivity index (χ1v) is 7.64. The fourth-order valence-electron chi connectivity index (χ4n) is 2.87. The van der Waals surface area contributed by atoms with Crippen molar-refractivity contribution in [1.82, 2.24) is 9.88 Å². The van der Waals surface area contributed by atoms with Gasteiger partial charge in [-0.3, -0.25) is 14.6 Å². The van der Waals surface area contributed by atoms with Crippen molar-refractivity contribution in [3.05, 3.63) is 59.7 Å². The van der Waals surface area contributed by atoms with Gasteiger partial charge in [-0.25, -0.2) is 13.2 Å². The second kappa shape index (κ2) is 6.92. The Bertz CT molecular complexity index is 791. The Morgan fingerprint density at radius 2 is 1.92 bits per heavy atom. The molecule has 1 aromatic carbocycles. The zero-order valence-corrected chi connectivity index (χ0v) is 13.0. The van der Waals surface area contributed by atoms with Gasteiger partial charge in [0.15, 0.2) is 17.5 Å². The van der Waals surface area contributed by atoms with Gasteiger partial charge in [-0.2, -0.15) is 0 Å². The fraction of sp³-hybridized carbons (Fsp3) is 0.235. The van der Waals surface area contributed by atoms with E-state index in [0.717, 1.165) is 12.0 Å². The summed E-state index contributed by atoms with van der Waals surface area (Å²) in [6, 6.07) is 4.50. The molecule has 1 aliphatic heterocycles. The number of carbonyl (C=O) groups excluding carboxylic acids is 2. The highest BCUT2D eigenvalue weighted by atomic mass is 19.2. The Morgan fingerprint density at radius 3 is 2.56 bits per heavy atom. The molecule has 8 heteroatoms. The molecule has 5 nitrogen and oxygen atoms in total. The van der Waals surface area contributed by atoms with E-state index in [1.807, 2.05) is 6.07 Å². The minimum absolute atomic E-state index is 0.284. The van der Waals surface area contributed by atoms with Crippen LogP contribution in [0.4, 0.5) is 18.9 Å². The smallest absolute Gasteiger partial charge is 0.313 e. The number of likely N-dealkylation sites (tertiary alicyclic amines) is 1. The highest BCUT2D eigenvalue weighted by Gasteiger charge is 2.33. The summed E-state index contributed by atoms with van der Waals surface area (Å²) in [6.07, 6.45) is 4.64. The van der Waals surface area contributed by atoms with Crippen molar-refractivity contribution in [3.63, 3.8) is 0 Å². The number of aromatic nitrogens is 1. The van der Waals surface area contributed by atoms with Crippen LogP contribution in [-0.4, -0.2) is 28.2 Å². The number of halogens is 3. The second-order valence-corrected chi connectivity index (χ2v) is 5.65. The Kier molecular flexibility index (Phi) is 4.69. The van der Waals surface area contributed by atoms with Gasteiger partial charge < -0.3 is 10.2 Å². The van der Waals surface area contributed by atoms with Crippen molar-refractivity contribution < 1.29 is 22.8 Å². The van der Waals surface area contributed by atoms with Crippen LogP contribution in [0.2, 0.25) is 0 Å². The first-order chi connectivity index (χ1) is 12.0. The lowest BCUT2D eigenvalue weighted by Crippen LogP contribution is -2.39. The molecule has 1 aromatic heterocycles. The molecule has 1 saturated heterocycles. The normalized spacial score (nSPS) is 16.8. The number of amides is 2. The summed E-state index contributed by atoms with van der Waals surface area (Å²) in [5.74, 6) is -6.40. The maximum Gasteiger partial charge on any atom is 0.313 e. The van der Waals surface area contributed by atoms with E-state index in [1.165, 1.54) is 4.90 Å². The quantitative estimate of drug-likeness (QED) is 0.670. The third-order valence-corrected chi connectivity index (χ3v) is 4.02. The topological polar surface area (TPSA) is 62.3 Å². The van der Waals surface area contributed by atoms with E-state index in [-0.39, 0.29) is 11.7 Å². The number of carbonyl (C=O) groups is 2. The van der Waals surface area contributed by atoms with Gasteiger partial charge in [0.25, 0.3) is 0 Å². The number of hydrogen-bond acceptors (Lipinski definition) is 3. The van der Waals surface area contributed by atoms with Gasteiger partial charge in [0.1, 0.15) is 0 Å². The maximum absolute atomic E-state index is 13.2. The van der Waals surface area contributed by atoms with Gasteiger partial charge in [0.2, 0.25) is 0 Å². The summed E-state index contributed by atoms with van der Waals surface area (Å²) in [4.78, 5) is 29.9. The van der Waals surface area contributed by atoms with Crippen LogP contribution in [0.15, 0.2) is 36.7 Å². The molecule has 2 heterocycles. The summed E-state index contributed by atoms with van der Waals surface area (Å²) in [6.45, 7) is 0.387. The molecular weight excluding hydrogens is 335 g/mol. The van der Waals surface area contributed by atoms with E-state index in [0.29, 0.717) is 25.1 Å². The Morgan fingerprint density at radius 1 is 1.20 bits per heavy atom. The number of nitrogens with zero attached hydrogens (tertiary/aromatic N) is 2. The zero-order valence-electron chi connectivity index (χ0n) is 13.0. The van der Waals surface area contributed by atoms with E-state index in [9.17, 15) is 22.8 Å². The summed E-state index contributed by atoms with van der Waals surface area (Å²) in [5, 5.41) is 2.11. The summed E-state index contributed by atoms with van der Waals surface area (Å²) < 4.78 is 39.4. The molecule has 1 aliphatic rings. The van der Waals surface area contributed by atoms with Gasteiger partial charge in [0.05, 0.1) is 6.04 Å². The van der Waals surface area contributed by atoms with Crippen molar-refractivity contribution in [3.8, 4) is 0 Å². The molecule has 1 atom stereocenters. The molecule has 1 unspecified atom stereocenters. The summed E-state index contributed by atoms with van der Waals surface area (Å²) >= 11 is 0. The Hall–Kier alpha value is -2.90. The largest absolute Gasteiger partial charge is 0.327 e. The second-order valence-electron chi connectivity index (χ2n) is 5.65. The lowest BCUT2D eigenvalue weighted by molar-refractivity contribution is -0.143. The van der Waals surface area contributed by atoms with Crippen molar-refractivity contribution in [2.45, 2.75) is 18.9 Å². The zero-order chi connectivity index (χ0) is 18.0. The molecule has 0 saturated carbocycles. The van der Waals surface area contributed by atoms with Gasteiger partial charge >= 0.3 is 11.8 Å². The summed E-state index contributed by atoms with van der Waals surface area (Å²) in [7, 11) is 0. The van der Waals surface area contributed by atoms with Gasteiger partial charge in [-0.1, -0.05) is 6.07 Å². The minimum atomic E-state index is -1.64. The molecule has 2 amide bonds. The predicted molar refractivity (Wildman–Crippen MR) is 82.9 cm³/mol. The first kappa shape index (κ1) is 16.9. The van der Waals surface area contributed by atoms with Crippen molar-refractivity contribution >= 4 is 17.5 Å². The van der Waals surface area contributed by atoms with Crippen LogP contribution in [0.5, 0.6) is 0 Å². The predicted octanol–water partition coefficient (Wildman–Crippen LogP) is 2.80. The Labute approximate surface area is 141 Å². The van der Waals surface area contributed by atoms with Crippen LogP contribution in [-0.2, 0) is 9.59 Å². The van der Waals surface area contributed by atoms with Gasteiger partial charge in [0, 0.05) is 36.8 Å². The standard InChI is InChI=1S/C17H14F3N3O2/c18-12-7-11(8-13(19)15(12)20)22-16(24)17(25)23-6-2-4-14(23)10-3-1-5-21-9-10/h1,3,5,7-9,14H,2,4,6H2,(H,22,24). The van der Waals surface area contributed by atoms with Crippen LogP contribution in [0.25, 0.3) is 0 Å². The number of pyridine rings is 1. The number of anilines is 1. The van der Waals surface area contributed by atoms with E-state index in [2.05, 4.69) is 10.3 Å². The van der Waals surface area contributed by atoms with Crippen molar-refractivity contribution in [2.75, 3.05) is 11.9 Å². The fourth-order valence-corrected chi connectivity index (χ4v) is 2.87.